The molecule has 0 saturated heterocycles. The van der Waals surface area contributed by atoms with E-state index in [0.717, 1.165) is 5.56 Å². The first-order valence-corrected chi connectivity index (χ1v) is 6.18. The first-order valence-electron chi connectivity index (χ1n) is 6.18. The maximum absolute atomic E-state index is 11.9. The Bertz CT molecular complexity index is 587. The molecule has 104 valence electrons. The lowest BCUT2D eigenvalue weighted by Crippen LogP contribution is -2.29. The number of aryl methyl sites for hydroxylation is 1. The lowest BCUT2D eigenvalue weighted by atomic mass is 10.2. The number of hydrogen-bond acceptors (Lipinski definition) is 4. The molecule has 1 N–H and O–H groups in total. The number of anilines is 1. The summed E-state index contributed by atoms with van der Waals surface area (Å²) in [6, 6.07) is 10.4. The fourth-order valence-corrected chi connectivity index (χ4v) is 1.55. The Morgan fingerprint density at radius 1 is 1.20 bits per heavy atom. The summed E-state index contributed by atoms with van der Waals surface area (Å²) in [6.07, 6.45) is 0.460. The summed E-state index contributed by atoms with van der Waals surface area (Å²) < 4.78 is 9.91. The number of esters is 1. The van der Waals surface area contributed by atoms with Gasteiger partial charge in [-0.15, -0.1) is 0 Å². The third-order valence-corrected chi connectivity index (χ3v) is 2.69. The Labute approximate surface area is 116 Å². The van der Waals surface area contributed by atoms with Crippen molar-refractivity contribution in [1.29, 1.82) is 0 Å². The van der Waals surface area contributed by atoms with Crippen LogP contribution in [0.15, 0.2) is 47.1 Å². The Kier molecular flexibility index (Phi) is 4.20. The minimum Gasteiger partial charge on any atom is -0.457 e. The molecule has 1 aromatic carbocycles. The molecule has 0 aliphatic carbocycles. The predicted molar refractivity (Wildman–Crippen MR) is 73.4 cm³/mol. The number of carbonyl (C=O) groups excluding carboxylic acids is 2. The molecule has 20 heavy (non-hydrogen) atoms. The summed E-state index contributed by atoms with van der Waals surface area (Å²) in [5.74, 6) is -0.990. The normalized spacial score (nSPS) is 11.7. The third kappa shape index (κ3) is 3.47. The first-order chi connectivity index (χ1) is 9.56. The smallest absolute Gasteiger partial charge is 0.374 e. The number of rotatable bonds is 4. The van der Waals surface area contributed by atoms with E-state index in [9.17, 15) is 9.59 Å². The predicted octanol–water partition coefficient (Wildman–Crippen LogP) is 2.77. The maximum atomic E-state index is 11.9. The van der Waals surface area contributed by atoms with Crippen molar-refractivity contribution in [2.75, 3.05) is 5.32 Å². The number of ether oxygens (including phenoxy) is 1. The van der Waals surface area contributed by atoms with Crippen molar-refractivity contribution < 1.29 is 18.7 Å². The molecule has 5 heteroatoms. The maximum Gasteiger partial charge on any atom is 0.374 e. The molecule has 0 radical (unpaired) electrons. The fraction of sp³-hybridized carbons (Fsp3) is 0.200. The lowest BCUT2D eigenvalue weighted by Gasteiger charge is -2.12. The van der Waals surface area contributed by atoms with Crippen LogP contribution in [-0.4, -0.2) is 18.0 Å². The van der Waals surface area contributed by atoms with Crippen molar-refractivity contribution in [2.24, 2.45) is 0 Å². The molecular formula is C15H15NO4. The van der Waals surface area contributed by atoms with Gasteiger partial charge in [0.05, 0.1) is 6.26 Å². The van der Waals surface area contributed by atoms with Crippen molar-refractivity contribution in [3.8, 4) is 0 Å². The summed E-state index contributed by atoms with van der Waals surface area (Å²) in [5, 5.41) is 2.67. The summed E-state index contributed by atoms with van der Waals surface area (Å²) in [4.78, 5) is 23.5. The number of furan rings is 1. The minimum absolute atomic E-state index is 0.0694. The van der Waals surface area contributed by atoms with Gasteiger partial charge in [-0.1, -0.05) is 17.7 Å². The van der Waals surface area contributed by atoms with Crippen LogP contribution < -0.4 is 5.32 Å². The van der Waals surface area contributed by atoms with Crippen molar-refractivity contribution in [3.63, 3.8) is 0 Å². The molecular weight excluding hydrogens is 258 g/mol. The van der Waals surface area contributed by atoms with Gasteiger partial charge in [-0.25, -0.2) is 4.79 Å². The van der Waals surface area contributed by atoms with E-state index < -0.39 is 18.0 Å². The Hall–Kier alpha value is -2.56. The van der Waals surface area contributed by atoms with E-state index in [-0.39, 0.29) is 5.76 Å². The molecule has 0 aliphatic rings. The number of carbonyl (C=O) groups is 2. The number of benzene rings is 1. The SMILES string of the molecule is Cc1ccc(NC(=O)[C@H](C)OC(=O)c2ccco2)cc1. The second kappa shape index (κ2) is 6.06. The summed E-state index contributed by atoms with van der Waals surface area (Å²) >= 11 is 0. The standard InChI is InChI=1S/C15H15NO4/c1-10-5-7-12(8-6-10)16-14(17)11(2)20-15(18)13-4-3-9-19-13/h3-9,11H,1-2H3,(H,16,17)/t11-/m0/s1. The van der Waals surface area contributed by atoms with Gasteiger partial charge in [-0.3, -0.25) is 4.79 Å². The number of nitrogens with one attached hydrogen (secondary N) is 1. The Morgan fingerprint density at radius 3 is 2.50 bits per heavy atom. The van der Waals surface area contributed by atoms with E-state index in [2.05, 4.69) is 5.32 Å². The lowest BCUT2D eigenvalue weighted by molar-refractivity contribution is -0.123. The molecule has 5 nitrogen and oxygen atoms in total. The van der Waals surface area contributed by atoms with Gasteiger partial charge in [0.25, 0.3) is 5.91 Å². The zero-order valence-corrected chi connectivity index (χ0v) is 11.3. The highest BCUT2D eigenvalue weighted by atomic mass is 16.6. The molecule has 2 rings (SSSR count). The molecule has 1 aromatic heterocycles. The largest absolute Gasteiger partial charge is 0.457 e. The zero-order valence-electron chi connectivity index (χ0n) is 11.3. The van der Waals surface area contributed by atoms with E-state index in [1.807, 2.05) is 19.1 Å². The van der Waals surface area contributed by atoms with Crippen molar-refractivity contribution in [1.82, 2.24) is 0 Å². The van der Waals surface area contributed by atoms with E-state index in [1.165, 1.54) is 19.3 Å². The minimum atomic E-state index is -0.908. The van der Waals surface area contributed by atoms with Gasteiger partial charge >= 0.3 is 5.97 Å². The Morgan fingerprint density at radius 2 is 1.90 bits per heavy atom. The highest BCUT2D eigenvalue weighted by Gasteiger charge is 2.20. The van der Waals surface area contributed by atoms with E-state index in [0.29, 0.717) is 5.69 Å². The molecule has 0 unspecified atom stereocenters. The van der Waals surface area contributed by atoms with Crippen LogP contribution in [0.4, 0.5) is 5.69 Å². The van der Waals surface area contributed by atoms with E-state index in [4.69, 9.17) is 9.15 Å². The van der Waals surface area contributed by atoms with E-state index in [1.54, 1.807) is 18.2 Å². The van der Waals surface area contributed by atoms with Crippen LogP contribution >= 0.6 is 0 Å². The topological polar surface area (TPSA) is 68.5 Å². The van der Waals surface area contributed by atoms with Crippen LogP contribution in [0.25, 0.3) is 0 Å². The van der Waals surface area contributed by atoms with Gasteiger partial charge < -0.3 is 14.5 Å². The quantitative estimate of drug-likeness (QED) is 0.870. The molecule has 1 amide bonds. The van der Waals surface area contributed by atoms with Crippen LogP contribution in [0, 0.1) is 6.92 Å². The third-order valence-electron chi connectivity index (χ3n) is 2.69. The van der Waals surface area contributed by atoms with Crippen LogP contribution in [-0.2, 0) is 9.53 Å². The number of amides is 1. The Balaban J connectivity index is 1.92. The molecule has 0 aliphatic heterocycles. The van der Waals surface area contributed by atoms with Gasteiger partial charge in [-0.05, 0) is 38.1 Å². The van der Waals surface area contributed by atoms with E-state index >= 15 is 0 Å². The molecule has 0 spiro atoms. The summed E-state index contributed by atoms with van der Waals surface area (Å²) in [7, 11) is 0. The molecule has 0 fully saturated rings. The molecule has 1 heterocycles. The van der Waals surface area contributed by atoms with Crippen LogP contribution in [0.2, 0.25) is 0 Å². The van der Waals surface area contributed by atoms with Gasteiger partial charge in [0.1, 0.15) is 0 Å². The van der Waals surface area contributed by atoms with Crippen LogP contribution in [0.3, 0.4) is 0 Å². The zero-order chi connectivity index (χ0) is 14.5. The average Bonchev–Trinajstić information content (AvgIpc) is 2.95. The highest BCUT2D eigenvalue weighted by molar-refractivity contribution is 5.96. The average molecular weight is 273 g/mol. The number of hydrogen-bond donors (Lipinski definition) is 1. The van der Waals surface area contributed by atoms with Gasteiger partial charge in [-0.2, -0.15) is 0 Å². The van der Waals surface area contributed by atoms with Crippen molar-refractivity contribution in [2.45, 2.75) is 20.0 Å². The molecule has 1 atom stereocenters. The van der Waals surface area contributed by atoms with Gasteiger partial charge in [0.2, 0.25) is 5.76 Å². The molecule has 0 saturated carbocycles. The molecule has 0 bridgehead atoms. The monoisotopic (exact) mass is 273 g/mol. The first kappa shape index (κ1) is 13.9. The van der Waals surface area contributed by atoms with Crippen LogP contribution in [0.1, 0.15) is 23.0 Å². The second-order valence-corrected chi connectivity index (χ2v) is 4.38. The fourth-order valence-electron chi connectivity index (χ4n) is 1.55. The van der Waals surface area contributed by atoms with Crippen LogP contribution in [0.5, 0.6) is 0 Å². The summed E-state index contributed by atoms with van der Waals surface area (Å²) in [5.41, 5.74) is 1.75. The molecule has 2 aromatic rings. The second-order valence-electron chi connectivity index (χ2n) is 4.38. The highest BCUT2D eigenvalue weighted by Crippen LogP contribution is 2.10. The summed E-state index contributed by atoms with van der Waals surface area (Å²) in [6.45, 7) is 3.46. The van der Waals surface area contributed by atoms with Crippen molar-refractivity contribution in [3.05, 3.63) is 54.0 Å². The van der Waals surface area contributed by atoms with Gasteiger partial charge in [0.15, 0.2) is 6.10 Å². The van der Waals surface area contributed by atoms with Gasteiger partial charge in [0, 0.05) is 5.69 Å². The van der Waals surface area contributed by atoms with Crippen molar-refractivity contribution >= 4 is 17.6 Å².